The van der Waals surface area contributed by atoms with E-state index >= 15 is 0 Å². The Balaban J connectivity index is 1.51. The fourth-order valence-electron chi connectivity index (χ4n) is 2.69. The summed E-state index contributed by atoms with van der Waals surface area (Å²) in [4.78, 5) is 37.6. The number of H-pyrrole nitrogens is 1. The zero-order valence-corrected chi connectivity index (χ0v) is 14.8. The summed E-state index contributed by atoms with van der Waals surface area (Å²) in [6.07, 6.45) is 0.233. The van der Waals surface area contributed by atoms with Crippen LogP contribution < -0.4 is 17.0 Å². The predicted octanol–water partition coefficient (Wildman–Crippen LogP) is -0.170. The Morgan fingerprint density at radius 3 is 2.85 bits per heavy atom. The molecule has 9 nitrogen and oxygen atoms in total. The second-order valence-electron chi connectivity index (χ2n) is 6.26. The number of hydrogen-bond acceptors (Lipinski definition) is 7. The van der Waals surface area contributed by atoms with Gasteiger partial charge in [-0.1, -0.05) is 30.3 Å². The molecule has 3 rings (SSSR count). The molecule has 1 fully saturated rings. The van der Waals surface area contributed by atoms with E-state index in [1.807, 2.05) is 30.3 Å². The number of esters is 1. The number of nitrogens with two attached hydrogens (primary N) is 1. The highest BCUT2D eigenvalue weighted by molar-refractivity contribution is 5.75. The minimum absolute atomic E-state index is 0.0870. The van der Waals surface area contributed by atoms with Crippen molar-refractivity contribution in [1.29, 1.82) is 0 Å². The SMILES string of the molecule is Cc1cn(C2COC(COC(=O)C(N)Cc3ccccc3)O2)c(=O)[nH]c1=O. The largest absolute Gasteiger partial charge is 0.459 e. The van der Waals surface area contributed by atoms with E-state index in [1.54, 1.807) is 6.92 Å². The van der Waals surface area contributed by atoms with Gasteiger partial charge in [0.15, 0.2) is 12.5 Å². The van der Waals surface area contributed by atoms with E-state index in [0.717, 1.165) is 5.56 Å². The van der Waals surface area contributed by atoms with E-state index in [2.05, 4.69) is 4.98 Å². The maximum atomic E-state index is 12.0. The maximum Gasteiger partial charge on any atom is 0.330 e. The summed E-state index contributed by atoms with van der Waals surface area (Å²) in [5, 5.41) is 0. The van der Waals surface area contributed by atoms with Crippen LogP contribution in [-0.2, 0) is 25.4 Å². The lowest BCUT2D eigenvalue weighted by molar-refractivity contribution is -0.160. The van der Waals surface area contributed by atoms with Crippen LogP contribution in [0.4, 0.5) is 0 Å². The summed E-state index contributed by atoms with van der Waals surface area (Å²) >= 11 is 0. The van der Waals surface area contributed by atoms with Crippen LogP contribution in [0.2, 0.25) is 0 Å². The van der Waals surface area contributed by atoms with Gasteiger partial charge in [-0.15, -0.1) is 0 Å². The number of aryl methyl sites for hydroxylation is 1. The summed E-state index contributed by atoms with van der Waals surface area (Å²) in [6.45, 7) is 1.52. The van der Waals surface area contributed by atoms with Crippen LogP contribution in [-0.4, -0.2) is 41.1 Å². The number of aromatic amines is 1. The van der Waals surface area contributed by atoms with Crippen molar-refractivity contribution in [2.24, 2.45) is 5.73 Å². The Labute approximate surface area is 154 Å². The first-order valence-electron chi connectivity index (χ1n) is 8.49. The first kappa shape index (κ1) is 19.0. The minimum atomic E-state index is -0.818. The Morgan fingerprint density at radius 2 is 2.11 bits per heavy atom. The van der Waals surface area contributed by atoms with Crippen molar-refractivity contribution in [3.05, 3.63) is 68.5 Å². The fraction of sp³-hybridized carbons (Fsp3) is 0.389. The van der Waals surface area contributed by atoms with E-state index in [0.29, 0.717) is 12.0 Å². The Morgan fingerprint density at radius 1 is 1.37 bits per heavy atom. The third kappa shape index (κ3) is 4.70. The zero-order chi connectivity index (χ0) is 19.4. The van der Waals surface area contributed by atoms with E-state index in [9.17, 15) is 14.4 Å². The number of aromatic nitrogens is 2. The number of hydrogen-bond donors (Lipinski definition) is 2. The van der Waals surface area contributed by atoms with E-state index in [4.69, 9.17) is 19.9 Å². The Hall–Kier alpha value is -2.75. The molecule has 2 heterocycles. The number of carbonyl (C=O) groups is 1. The Bertz CT molecular complexity index is 907. The highest BCUT2D eigenvalue weighted by atomic mass is 16.7. The number of carbonyl (C=O) groups excluding carboxylic acids is 1. The summed E-state index contributed by atoms with van der Waals surface area (Å²) in [5.41, 5.74) is 6.13. The van der Waals surface area contributed by atoms with Gasteiger partial charge < -0.3 is 19.9 Å². The van der Waals surface area contributed by atoms with Crippen molar-refractivity contribution in [1.82, 2.24) is 9.55 Å². The van der Waals surface area contributed by atoms with Gasteiger partial charge in [-0.05, 0) is 18.9 Å². The van der Waals surface area contributed by atoms with Crippen molar-refractivity contribution in [2.45, 2.75) is 31.9 Å². The first-order valence-corrected chi connectivity index (χ1v) is 8.49. The number of benzene rings is 1. The molecular weight excluding hydrogens is 354 g/mol. The molecule has 1 saturated heterocycles. The number of ether oxygens (including phenoxy) is 3. The van der Waals surface area contributed by atoms with E-state index in [1.165, 1.54) is 10.8 Å². The number of rotatable bonds is 6. The van der Waals surface area contributed by atoms with Crippen molar-refractivity contribution in [3.8, 4) is 0 Å². The maximum absolute atomic E-state index is 12.0. The summed E-state index contributed by atoms with van der Waals surface area (Å²) in [5.74, 6) is -0.563. The quantitative estimate of drug-likeness (QED) is 0.671. The topological polar surface area (TPSA) is 126 Å². The van der Waals surface area contributed by atoms with Crippen LogP contribution in [0.15, 0.2) is 46.1 Å². The average Bonchev–Trinajstić information content (AvgIpc) is 3.12. The van der Waals surface area contributed by atoms with Crippen molar-refractivity contribution < 1.29 is 19.0 Å². The molecule has 0 saturated carbocycles. The molecule has 3 N–H and O–H groups in total. The summed E-state index contributed by atoms with van der Waals surface area (Å²) < 4.78 is 17.4. The lowest BCUT2D eigenvalue weighted by Gasteiger charge is -2.15. The molecule has 2 aromatic rings. The van der Waals surface area contributed by atoms with E-state index in [-0.39, 0.29) is 13.2 Å². The second kappa shape index (κ2) is 8.30. The fourth-order valence-corrected chi connectivity index (χ4v) is 2.69. The normalized spacial score (nSPS) is 20.4. The van der Waals surface area contributed by atoms with Gasteiger partial charge in [-0.3, -0.25) is 19.1 Å². The van der Waals surface area contributed by atoms with Gasteiger partial charge >= 0.3 is 11.7 Å². The van der Waals surface area contributed by atoms with Gasteiger partial charge in [0.05, 0.1) is 6.61 Å². The number of nitrogens with zero attached hydrogens (tertiary/aromatic N) is 1. The summed E-state index contributed by atoms with van der Waals surface area (Å²) in [6, 6.07) is 8.58. The van der Waals surface area contributed by atoms with Crippen LogP contribution in [0.5, 0.6) is 0 Å². The zero-order valence-electron chi connectivity index (χ0n) is 14.8. The van der Waals surface area contributed by atoms with Gasteiger partial charge in [0.1, 0.15) is 12.6 Å². The van der Waals surface area contributed by atoms with Crippen molar-refractivity contribution >= 4 is 5.97 Å². The van der Waals surface area contributed by atoms with Gasteiger partial charge in [-0.2, -0.15) is 0 Å². The van der Waals surface area contributed by atoms with Gasteiger partial charge in [0, 0.05) is 11.8 Å². The molecule has 144 valence electrons. The predicted molar refractivity (Wildman–Crippen MR) is 95.0 cm³/mol. The molecule has 1 aromatic heterocycles. The van der Waals surface area contributed by atoms with Crippen molar-refractivity contribution in [2.75, 3.05) is 13.2 Å². The molecule has 0 spiro atoms. The van der Waals surface area contributed by atoms with Crippen LogP contribution in [0.3, 0.4) is 0 Å². The molecule has 9 heteroatoms. The van der Waals surface area contributed by atoms with Crippen LogP contribution in [0, 0.1) is 6.92 Å². The smallest absolute Gasteiger partial charge is 0.330 e. The van der Waals surface area contributed by atoms with Crippen LogP contribution in [0.25, 0.3) is 0 Å². The molecule has 1 aliphatic heterocycles. The van der Waals surface area contributed by atoms with Crippen LogP contribution >= 0.6 is 0 Å². The molecule has 0 bridgehead atoms. The molecule has 0 amide bonds. The molecule has 1 aliphatic rings. The first-order chi connectivity index (χ1) is 12.9. The van der Waals surface area contributed by atoms with Gasteiger partial charge in [-0.25, -0.2) is 4.79 Å². The molecular formula is C18H21N3O6. The number of nitrogens with one attached hydrogen (secondary N) is 1. The lowest BCUT2D eigenvalue weighted by atomic mass is 10.1. The molecule has 3 atom stereocenters. The van der Waals surface area contributed by atoms with Crippen molar-refractivity contribution in [3.63, 3.8) is 0 Å². The molecule has 0 aliphatic carbocycles. The molecule has 27 heavy (non-hydrogen) atoms. The molecule has 3 unspecified atom stereocenters. The van der Waals surface area contributed by atoms with Gasteiger partial charge in [0.2, 0.25) is 0 Å². The third-order valence-corrected chi connectivity index (χ3v) is 4.15. The average molecular weight is 375 g/mol. The second-order valence-corrected chi connectivity index (χ2v) is 6.26. The van der Waals surface area contributed by atoms with Gasteiger partial charge in [0.25, 0.3) is 5.56 Å². The standard InChI is InChI=1S/C18H21N3O6/c1-11-8-21(18(24)20-16(11)22)14-9-25-15(27-14)10-26-17(23)13(19)7-12-5-3-2-4-6-12/h2-6,8,13-15H,7,9-10,19H2,1H3,(H,20,22,24). The minimum Gasteiger partial charge on any atom is -0.459 e. The summed E-state index contributed by atoms with van der Waals surface area (Å²) in [7, 11) is 0. The molecule has 1 aromatic carbocycles. The van der Waals surface area contributed by atoms with E-state index < -0.39 is 35.8 Å². The third-order valence-electron chi connectivity index (χ3n) is 4.15. The highest BCUT2D eigenvalue weighted by Crippen LogP contribution is 2.19. The highest BCUT2D eigenvalue weighted by Gasteiger charge is 2.30. The Kier molecular flexibility index (Phi) is 5.84. The lowest BCUT2D eigenvalue weighted by Crippen LogP contribution is -2.36. The molecule has 0 radical (unpaired) electrons. The van der Waals surface area contributed by atoms with Crippen LogP contribution in [0.1, 0.15) is 17.4 Å². The monoisotopic (exact) mass is 375 g/mol.